The van der Waals surface area contributed by atoms with Crippen molar-refractivity contribution in [2.24, 2.45) is 87.3 Å². The Labute approximate surface area is 276 Å². The average Bonchev–Trinajstić information content (AvgIpc) is 3.50. The Morgan fingerprint density at radius 3 is 2.13 bits per heavy atom. The van der Waals surface area contributed by atoms with Gasteiger partial charge in [0.25, 0.3) is 0 Å². The molecule has 5 nitrogen and oxygen atoms in total. The van der Waals surface area contributed by atoms with E-state index in [9.17, 15) is 15.3 Å². The molecule has 0 radical (unpaired) electrons. The van der Waals surface area contributed by atoms with Gasteiger partial charge in [-0.05, 0) is 141 Å². The van der Waals surface area contributed by atoms with Crippen LogP contribution in [0.1, 0.15) is 114 Å². The Morgan fingerprint density at radius 2 is 1.51 bits per heavy atom. The molecule has 14 unspecified atom stereocenters. The first-order valence-corrected chi connectivity index (χ1v) is 19.4. The van der Waals surface area contributed by atoms with Crippen LogP contribution >= 0.6 is 0 Å². The van der Waals surface area contributed by atoms with Crippen molar-refractivity contribution in [3.05, 3.63) is 0 Å². The first-order chi connectivity index (χ1) is 21.1. The van der Waals surface area contributed by atoms with Crippen LogP contribution in [0.5, 0.6) is 0 Å². The summed E-state index contributed by atoms with van der Waals surface area (Å²) in [5.74, 6) is 4.48. The minimum Gasteiger partial charge on any atom is -0.393 e. The van der Waals surface area contributed by atoms with Gasteiger partial charge >= 0.3 is 0 Å². The molecule has 0 aromatic carbocycles. The summed E-state index contributed by atoms with van der Waals surface area (Å²) in [6.45, 7) is 25.2. The Morgan fingerprint density at radius 1 is 0.844 bits per heavy atom. The number of rotatable bonds is 5. The second-order valence-corrected chi connectivity index (χ2v) is 18.8. The summed E-state index contributed by atoms with van der Waals surface area (Å²) < 4.78 is 6.34. The first-order valence-electron chi connectivity index (χ1n) is 19.4. The quantitative estimate of drug-likeness (QED) is 0.302. The number of aliphatic hydroxyl groups is 3. The van der Waals surface area contributed by atoms with Crippen molar-refractivity contribution in [3.8, 4) is 0 Å². The highest BCUT2D eigenvalue weighted by Gasteiger charge is 2.74. The first kappa shape index (κ1) is 34.7. The molecule has 1 saturated heterocycles. The zero-order chi connectivity index (χ0) is 32.8. The van der Waals surface area contributed by atoms with Gasteiger partial charge in [-0.15, -0.1) is 0 Å². The highest BCUT2D eigenvalue weighted by atomic mass is 16.5. The highest BCUT2D eigenvalue weighted by molar-refractivity contribution is 5.22. The van der Waals surface area contributed by atoms with E-state index in [4.69, 9.17) is 4.74 Å². The second kappa shape index (κ2) is 12.3. The van der Waals surface area contributed by atoms with Crippen LogP contribution < -0.4 is 0 Å². The molecule has 1 heterocycles. The second-order valence-electron chi connectivity index (χ2n) is 18.8. The maximum absolute atomic E-state index is 12.9. The molecule has 260 valence electrons. The fraction of sp³-hybridized carbons (Fsp3) is 1.00. The Balaban J connectivity index is 1.38. The van der Waals surface area contributed by atoms with Gasteiger partial charge in [-0.25, -0.2) is 0 Å². The summed E-state index contributed by atoms with van der Waals surface area (Å²) in [7, 11) is 1.96. The number of likely N-dealkylation sites (tertiary alicyclic amines) is 1. The van der Waals surface area contributed by atoms with Crippen molar-refractivity contribution in [2.45, 2.75) is 138 Å². The van der Waals surface area contributed by atoms with Crippen molar-refractivity contribution in [1.29, 1.82) is 0 Å². The summed E-state index contributed by atoms with van der Waals surface area (Å²) >= 11 is 0. The van der Waals surface area contributed by atoms with Crippen LogP contribution in [-0.2, 0) is 4.74 Å². The smallest absolute Gasteiger partial charge is 0.0657 e. The van der Waals surface area contributed by atoms with Gasteiger partial charge in [0.15, 0.2) is 0 Å². The van der Waals surface area contributed by atoms with E-state index in [2.05, 4.69) is 60.3 Å². The van der Waals surface area contributed by atoms with E-state index in [1.54, 1.807) is 0 Å². The molecule has 6 rings (SSSR count). The number of fused-ring (bicyclic) bond motifs is 3. The summed E-state index contributed by atoms with van der Waals surface area (Å²) in [6, 6.07) is 0. The van der Waals surface area contributed by atoms with E-state index in [1.807, 2.05) is 14.0 Å². The predicted octanol–water partition coefficient (Wildman–Crippen LogP) is 7.12. The van der Waals surface area contributed by atoms with Gasteiger partial charge in [-0.2, -0.15) is 0 Å². The lowest BCUT2D eigenvalue weighted by Crippen LogP contribution is -2.75. The molecule has 19 atom stereocenters. The molecule has 0 spiro atoms. The van der Waals surface area contributed by atoms with Gasteiger partial charge in [0.2, 0.25) is 0 Å². The number of ether oxygens (including phenoxy) is 1. The number of methoxy groups -OCH3 is 1. The number of aliphatic hydroxyl groups excluding tert-OH is 3. The van der Waals surface area contributed by atoms with Gasteiger partial charge in [0.1, 0.15) is 0 Å². The van der Waals surface area contributed by atoms with Gasteiger partial charge < -0.3 is 25.0 Å². The lowest BCUT2D eigenvalue weighted by molar-refractivity contribution is -0.318. The predicted molar refractivity (Wildman–Crippen MR) is 182 cm³/mol. The molecule has 0 aromatic heterocycles. The molecule has 0 bridgehead atoms. The van der Waals surface area contributed by atoms with Crippen LogP contribution in [0.4, 0.5) is 0 Å². The third-order valence-electron chi connectivity index (χ3n) is 17.6. The van der Waals surface area contributed by atoms with Gasteiger partial charge in [-0.3, -0.25) is 0 Å². The fourth-order valence-electron chi connectivity index (χ4n) is 14.9. The number of hydrogen-bond acceptors (Lipinski definition) is 5. The molecule has 1 aliphatic heterocycles. The molecule has 45 heavy (non-hydrogen) atoms. The lowest BCUT2D eigenvalue weighted by Gasteiger charge is -2.76. The average molecular weight is 630 g/mol. The summed E-state index contributed by atoms with van der Waals surface area (Å²) in [5.41, 5.74) is -0.491. The summed E-state index contributed by atoms with van der Waals surface area (Å²) in [4.78, 5) is 2.73. The van der Waals surface area contributed by atoms with Crippen molar-refractivity contribution in [3.63, 3.8) is 0 Å². The van der Waals surface area contributed by atoms with Crippen LogP contribution in [-0.4, -0.2) is 71.4 Å². The summed E-state index contributed by atoms with van der Waals surface area (Å²) in [6.07, 6.45) is 8.83. The Hall–Kier alpha value is -0.200. The van der Waals surface area contributed by atoms with Crippen molar-refractivity contribution >= 4 is 0 Å². The van der Waals surface area contributed by atoms with Crippen molar-refractivity contribution < 1.29 is 20.1 Å². The lowest BCUT2D eigenvalue weighted by atomic mass is 9.29. The van der Waals surface area contributed by atoms with Gasteiger partial charge in [0, 0.05) is 25.0 Å². The van der Waals surface area contributed by atoms with Crippen LogP contribution in [0, 0.1) is 87.3 Å². The number of nitrogens with zero attached hydrogens (tertiary/aromatic N) is 1. The maximum Gasteiger partial charge on any atom is 0.0657 e. The molecule has 5 aliphatic carbocycles. The van der Waals surface area contributed by atoms with E-state index < -0.39 is 12.2 Å². The standard InChI is InChI=1S/C40H71NO4/c1-22-13-15-29(30-19-28(14-16-31(30)45-10)21-41-17-11-12-18-41)34-24(3)39(8)27(6)38(7)20-23(2)32(26(5)42)37(44)40(38,9)25(4)35(39)36(43)33(22)34/h22-37,42-44H,11-21H2,1-10H3/t22?,23?,24-,25?,26?,27+,28?,29?,30?,31?,32?,33?,34?,35?,36?,37?,38+,39-,40+/m0/s1. The normalized spacial score (nSPS) is 57.9. The van der Waals surface area contributed by atoms with E-state index in [-0.39, 0.29) is 46.0 Å². The van der Waals surface area contributed by atoms with Crippen molar-refractivity contribution in [1.82, 2.24) is 4.90 Å². The molecule has 5 saturated carbocycles. The van der Waals surface area contributed by atoms with Crippen LogP contribution in [0.2, 0.25) is 0 Å². The minimum absolute atomic E-state index is 0.0349. The third-order valence-corrected chi connectivity index (χ3v) is 17.6. The minimum atomic E-state index is -0.581. The molecule has 6 aliphatic rings. The fourth-order valence-corrected chi connectivity index (χ4v) is 14.9. The van der Waals surface area contributed by atoms with Crippen molar-refractivity contribution in [2.75, 3.05) is 26.7 Å². The molecule has 0 amide bonds. The monoisotopic (exact) mass is 630 g/mol. The largest absolute Gasteiger partial charge is 0.393 e. The zero-order valence-electron chi connectivity index (χ0n) is 30.7. The third kappa shape index (κ3) is 4.91. The molecule has 3 N–H and O–H groups in total. The molecule has 0 aromatic rings. The summed E-state index contributed by atoms with van der Waals surface area (Å²) in [5, 5.41) is 36.0. The molecule has 6 fully saturated rings. The topological polar surface area (TPSA) is 73.2 Å². The molecular weight excluding hydrogens is 558 g/mol. The van der Waals surface area contributed by atoms with E-state index >= 15 is 0 Å². The van der Waals surface area contributed by atoms with Gasteiger partial charge in [0.05, 0.1) is 24.4 Å². The highest BCUT2D eigenvalue weighted by Crippen LogP contribution is 2.76. The molecule has 5 heteroatoms. The SMILES string of the molecule is COC1CCC(CN2CCCC2)CC1C1CCC(C)C2C(O)C3C(C)[C@]4(C)C(O)C(C(C)O)C(C)C[C@]4(C)[C@@H](C)[C@]3(C)[C@@H](C)C12. The van der Waals surface area contributed by atoms with Crippen LogP contribution in [0.25, 0.3) is 0 Å². The zero-order valence-corrected chi connectivity index (χ0v) is 30.7. The number of hydrogen-bond donors (Lipinski definition) is 3. The Kier molecular flexibility index (Phi) is 9.46. The maximum atomic E-state index is 12.9. The Bertz CT molecular complexity index is 1050. The van der Waals surface area contributed by atoms with E-state index in [1.165, 1.54) is 64.6 Å². The molecular formula is C40H71NO4. The van der Waals surface area contributed by atoms with E-state index in [0.29, 0.717) is 47.5 Å². The van der Waals surface area contributed by atoms with Crippen LogP contribution in [0.3, 0.4) is 0 Å². The van der Waals surface area contributed by atoms with Crippen LogP contribution in [0.15, 0.2) is 0 Å². The van der Waals surface area contributed by atoms with E-state index in [0.717, 1.165) is 12.3 Å². The van der Waals surface area contributed by atoms with Gasteiger partial charge in [-0.1, -0.05) is 61.8 Å².